The molecule has 0 unspecified atom stereocenters. The standard InChI is InChI=1S/C9H8O/c1-2-8-10-9-6-4-3-5-7-9/h2-3,6-7H,1,8H2. The van der Waals surface area contributed by atoms with E-state index in [9.17, 15) is 0 Å². The van der Waals surface area contributed by atoms with Crippen molar-refractivity contribution in [3.05, 3.63) is 43.0 Å². The average Bonchev–Trinajstić information content (AvgIpc) is 2.03. The van der Waals surface area contributed by atoms with Gasteiger partial charge in [0.05, 0.1) is 0 Å². The summed E-state index contributed by atoms with van der Waals surface area (Å²) >= 11 is 0. The van der Waals surface area contributed by atoms with E-state index in [0.717, 1.165) is 5.75 Å². The second-order valence-corrected chi connectivity index (χ2v) is 1.77. The third-order valence-electron chi connectivity index (χ3n) is 0.986. The van der Waals surface area contributed by atoms with Crippen LogP contribution in [0, 0.1) is 12.1 Å². The summed E-state index contributed by atoms with van der Waals surface area (Å²) in [5, 5.41) is 0. The highest BCUT2D eigenvalue weighted by Gasteiger charge is 1.85. The minimum atomic E-state index is 0.533. The van der Waals surface area contributed by atoms with Gasteiger partial charge in [0.25, 0.3) is 0 Å². The summed E-state index contributed by atoms with van der Waals surface area (Å²) in [5.41, 5.74) is 0. The zero-order chi connectivity index (χ0) is 7.23. The van der Waals surface area contributed by atoms with Gasteiger partial charge < -0.3 is 4.74 Å². The van der Waals surface area contributed by atoms with Crippen LogP contribution >= 0.6 is 0 Å². The quantitative estimate of drug-likeness (QED) is 0.570. The minimum Gasteiger partial charge on any atom is -0.490 e. The van der Waals surface area contributed by atoms with Crippen LogP contribution in [0.5, 0.6) is 5.75 Å². The molecule has 1 aromatic rings. The summed E-state index contributed by atoms with van der Waals surface area (Å²) in [6.45, 7) is 4.06. The Balaban J connectivity index is 2.50. The van der Waals surface area contributed by atoms with Gasteiger partial charge in [0, 0.05) is 0 Å². The van der Waals surface area contributed by atoms with Crippen LogP contribution in [0.3, 0.4) is 0 Å². The molecule has 1 aromatic carbocycles. The topological polar surface area (TPSA) is 9.23 Å². The van der Waals surface area contributed by atoms with E-state index < -0.39 is 0 Å². The Kier molecular flexibility index (Phi) is 2.56. The summed E-state index contributed by atoms with van der Waals surface area (Å²) in [6.07, 6.45) is 1.70. The fraction of sp³-hybridized carbons (Fsp3) is 0.111. The largest absolute Gasteiger partial charge is 0.490 e. The van der Waals surface area contributed by atoms with Crippen molar-refractivity contribution in [3.63, 3.8) is 0 Å². The number of hydrogen-bond donors (Lipinski definition) is 0. The molecular weight excluding hydrogens is 124 g/mol. The molecule has 1 rings (SSSR count). The first-order valence-electron chi connectivity index (χ1n) is 3.04. The Bertz CT molecular complexity index is 191. The van der Waals surface area contributed by atoms with Crippen molar-refractivity contribution < 1.29 is 4.74 Å². The highest BCUT2D eigenvalue weighted by molar-refractivity contribution is 5.19. The first-order valence-corrected chi connectivity index (χ1v) is 3.04. The van der Waals surface area contributed by atoms with Crippen LogP contribution in [0.15, 0.2) is 30.9 Å². The SMILES string of the molecule is C=CCOc1c[c]c[c]c1. The molecule has 0 heterocycles. The molecule has 0 amide bonds. The maximum atomic E-state index is 5.17. The molecule has 1 nitrogen and oxygen atoms in total. The summed E-state index contributed by atoms with van der Waals surface area (Å²) < 4.78 is 5.17. The molecule has 0 N–H and O–H groups in total. The average molecular weight is 132 g/mol. The maximum absolute atomic E-state index is 5.17. The van der Waals surface area contributed by atoms with Crippen molar-refractivity contribution in [2.45, 2.75) is 0 Å². The van der Waals surface area contributed by atoms with E-state index in [1.165, 1.54) is 0 Å². The van der Waals surface area contributed by atoms with E-state index in [1.54, 1.807) is 24.3 Å². The molecule has 0 bridgehead atoms. The summed E-state index contributed by atoms with van der Waals surface area (Å²) in [5.74, 6) is 0.780. The van der Waals surface area contributed by atoms with Crippen LogP contribution < -0.4 is 4.74 Å². The molecule has 0 saturated heterocycles. The van der Waals surface area contributed by atoms with E-state index in [0.29, 0.717) is 6.61 Å². The van der Waals surface area contributed by atoms with Gasteiger partial charge in [-0.3, -0.25) is 0 Å². The van der Waals surface area contributed by atoms with Crippen molar-refractivity contribution in [3.8, 4) is 5.75 Å². The molecule has 0 fully saturated rings. The first kappa shape index (κ1) is 6.87. The Morgan fingerprint density at radius 1 is 1.50 bits per heavy atom. The second kappa shape index (κ2) is 3.72. The Morgan fingerprint density at radius 3 is 2.80 bits per heavy atom. The van der Waals surface area contributed by atoms with E-state index in [2.05, 4.69) is 18.7 Å². The van der Waals surface area contributed by atoms with Crippen LogP contribution in [-0.2, 0) is 0 Å². The van der Waals surface area contributed by atoms with Crippen molar-refractivity contribution in [2.75, 3.05) is 6.61 Å². The molecular formula is C9H8O. The Morgan fingerprint density at radius 2 is 2.20 bits per heavy atom. The van der Waals surface area contributed by atoms with Crippen molar-refractivity contribution >= 4 is 0 Å². The van der Waals surface area contributed by atoms with E-state index in [4.69, 9.17) is 4.74 Å². The first-order chi connectivity index (χ1) is 4.93. The molecule has 1 heteroatoms. The lowest BCUT2D eigenvalue weighted by Crippen LogP contribution is -1.91. The van der Waals surface area contributed by atoms with Gasteiger partial charge in [-0.05, 0) is 30.3 Å². The molecule has 10 heavy (non-hydrogen) atoms. The third kappa shape index (κ3) is 1.94. The van der Waals surface area contributed by atoms with Gasteiger partial charge in [-0.2, -0.15) is 0 Å². The number of benzene rings is 1. The number of ether oxygens (including phenoxy) is 1. The van der Waals surface area contributed by atoms with E-state index in [1.807, 2.05) is 0 Å². The van der Waals surface area contributed by atoms with E-state index in [-0.39, 0.29) is 0 Å². The van der Waals surface area contributed by atoms with Gasteiger partial charge in [0.2, 0.25) is 0 Å². The predicted molar refractivity (Wildman–Crippen MR) is 39.8 cm³/mol. The lowest BCUT2D eigenvalue weighted by molar-refractivity contribution is 0.363. The highest BCUT2D eigenvalue weighted by Crippen LogP contribution is 2.06. The molecule has 50 valence electrons. The van der Waals surface area contributed by atoms with Gasteiger partial charge in [-0.1, -0.05) is 12.7 Å². The zero-order valence-electron chi connectivity index (χ0n) is 5.63. The molecule has 0 aliphatic carbocycles. The lowest BCUT2D eigenvalue weighted by atomic mass is 10.3. The monoisotopic (exact) mass is 132 g/mol. The second-order valence-electron chi connectivity index (χ2n) is 1.77. The molecule has 0 aliphatic heterocycles. The van der Waals surface area contributed by atoms with Gasteiger partial charge in [0.15, 0.2) is 0 Å². The summed E-state index contributed by atoms with van der Waals surface area (Å²) in [4.78, 5) is 0. The van der Waals surface area contributed by atoms with Crippen LogP contribution in [-0.4, -0.2) is 6.61 Å². The number of hydrogen-bond acceptors (Lipinski definition) is 1. The minimum absolute atomic E-state index is 0.533. The van der Waals surface area contributed by atoms with Gasteiger partial charge in [-0.25, -0.2) is 0 Å². The molecule has 0 aliphatic rings. The van der Waals surface area contributed by atoms with Crippen LogP contribution in [0.4, 0.5) is 0 Å². The van der Waals surface area contributed by atoms with Crippen LogP contribution in [0.2, 0.25) is 0 Å². The molecule has 0 atom stereocenters. The molecule has 2 radical (unpaired) electrons. The summed E-state index contributed by atoms with van der Waals surface area (Å²) in [7, 11) is 0. The fourth-order valence-electron chi connectivity index (χ4n) is 0.576. The lowest BCUT2D eigenvalue weighted by Gasteiger charge is -1.99. The Labute approximate surface area is 61.0 Å². The normalized spacial score (nSPS) is 8.80. The fourth-order valence-corrected chi connectivity index (χ4v) is 0.576. The number of rotatable bonds is 3. The smallest absolute Gasteiger partial charge is 0.121 e. The summed E-state index contributed by atoms with van der Waals surface area (Å²) in [6, 6.07) is 10.9. The Hall–Kier alpha value is -1.24. The van der Waals surface area contributed by atoms with Gasteiger partial charge >= 0.3 is 0 Å². The van der Waals surface area contributed by atoms with Gasteiger partial charge in [0.1, 0.15) is 12.4 Å². The molecule has 0 spiro atoms. The van der Waals surface area contributed by atoms with Crippen LogP contribution in [0.1, 0.15) is 0 Å². The third-order valence-corrected chi connectivity index (χ3v) is 0.986. The molecule has 0 saturated carbocycles. The molecule has 0 aromatic heterocycles. The highest BCUT2D eigenvalue weighted by atomic mass is 16.5. The van der Waals surface area contributed by atoms with Gasteiger partial charge in [-0.15, -0.1) is 0 Å². The van der Waals surface area contributed by atoms with Crippen LogP contribution in [0.25, 0.3) is 0 Å². The predicted octanol–water partition coefficient (Wildman–Crippen LogP) is 1.85. The zero-order valence-corrected chi connectivity index (χ0v) is 5.63. The maximum Gasteiger partial charge on any atom is 0.121 e. The van der Waals surface area contributed by atoms with Crippen molar-refractivity contribution in [1.29, 1.82) is 0 Å². The van der Waals surface area contributed by atoms with Crippen molar-refractivity contribution in [1.82, 2.24) is 0 Å². The van der Waals surface area contributed by atoms with Crippen molar-refractivity contribution in [2.24, 2.45) is 0 Å². The van der Waals surface area contributed by atoms with E-state index >= 15 is 0 Å².